The molecule has 0 bridgehead atoms. The summed E-state index contributed by atoms with van der Waals surface area (Å²) in [6, 6.07) is 0. The zero-order chi connectivity index (χ0) is 9.90. The molecule has 1 rings (SSSR count). The summed E-state index contributed by atoms with van der Waals surface area (Å²) < 4.78 is 5.36. The van der Waals surface area contributed by atoms with Crippen LogP contribution in [0.5, 0.6) is 0 Å². The van der Waals surface area contributed by atoms with E-state index in [1.807, 2.05) is 13.8 Å². The first-order valence-corrected chi connectivity index (χ1v) is 4.82. The first-order valence-electron chi connectivity index (χ1n) is 4.82. The quantitative estimate of drug-likeness (QED) is 0.732. The van der Waals surface area contributed by atoms with Crippen molar-refractivity contribution in [3.8, 4) is 0 Å². The summed E-state index contributed by atoms with van der Waals surface area (Å²) in [6.07, 6.45) is 2.40. The van der Waals surface area contributed by atoms with Crippen LogP contribution in [-0.2, 0) is 9.53 Å². The predicted octanol–water partition coefficient (Wildman–Crippen LogP) is 1.91. The molecule has 0 amide bonds. The van der Waals surface area contributed by atoms with E-state index < -0.39 is 5.97 Å². The fourth-order valence-corrected chi connectivity index (χ4v) is 1.89. The van der Waals surface area contributed by atoms with Crippen LogP contribution >= 0.6 is 0 Å². The molecule has 1 saturated heterocycles. The molecule has 13 heavy (non-hydrogen) atoms. The highest BCUT2D eigenvalue weighted by atomic mass is 16.5. The lowest BCUT2D eigenvalue weighted by Crippen LogP contribution is -2.33. The van der Waals surface area contributed by atoms with Crippen LogP contribution in [0.1, 0.15) is 33.1 Å². The standard InChI is InChI=1S/C10H18O3/c1-10(2,6-9(11)12)8-4-3-5-13-7-8/h8H,3-7H2,1-2H3,(H,11,12). The van der Waals surface area contributed by atoms with Crippen molar-refractivity contribution in [1.29, 1.82) is 0 Å². The van der Waals surface area contributed by atoms with Crippen molar-refractivity contribution in [3.63, 3.8) is 0 Å². The monoisotopic (exact) mass is 186 g/mol. The molecule has 0 aromatic heterocycles. The van der Waals surface area contributed by atoms with Crippen molar-refractivity contribution in [2.75, 3.05) is 13.2 Å². The van der Waals surface area contributed by atoms with E-state index in [4.69, 9.17) is 9.84 Å². The van der Waals surface area contributed by atoms with Crippen LogP contribution in [-0.4, -0.2) is 24.3 Å². The Balaban J connectivity index is 2.50. The zero-order valence-corrected chi connectivity index (χ0v) is 8.38. The maximum atomic E-state index is 10.6. The molecular weight excluding hydrogens is 168 g/mol. The van der Waals surface area contributed by atoms with Crippen LogP contribution in [0.3, 0.4) is 0 Å². The predicted molar refractivity (Wildman–Crippen MR) is 49.6 cm³/mol. The van der Waals surface area contributed by atoms with Gasteiger partial charge in [0.15, 0.2) is 0 Å². The Morgan fingerprint density at radius 3 is 2.77 bits per heavy atom. The fraction of sp³-hybridized carbons (Fsp3) is 0.900. The zero-order valence-electron chi connectivity index (χ0n) is 8.38. The van der Waals surface area contributed by atoms with Crippen molar-refractivity contribution >= 4 is 5.97 Å². The minimum absolute atomic E-state index is 0.133. The van der Waals surface area contributed by atoms with Gasteiger partial charge < -0.3 is 9.84 Å². The average Bonchev–Trinajstić information content (AvgIpc) is 2.04. The Hall–Kier alpha value is -0.570. The number of ether oxygens (including phenoxy) is 1. The molecule has 0 aliphatic carbocycles. The van der Waals surface area contributed by atoms with Gasteiger partial charge >= 0.3 is 5.97 Å². The third-order valence-corrected chi connectivity index (χ3v) is 2.87. The van der Waals surface area contributed by atoms with Gasteiger partial charge in [-0.25, -0.2) is 0 Å². The minimum Gasteiger partial charge on any atom is -0.481 e. The molecule has 1 unspecified atom stereocenters. The second-order valence-electron chi connectivity index (χ2n) is 4.47. The van der Waals surface area contributed by atoms with Crippen molar-refractivity contribution in [2.24, 2.45) is 11.3 Å². The smallest absolute Gasteiger partial charge is 0.303 e. The Morgan fingerprint density at radius 2 is 2.31 bits per heavy atom. The first-order chi connectivity index (χ1) is 6.02. The van der Waals surface area contributed by atoms with E-state index in [2.05, 4.69) is 0 Å². The van der Waals surface area contributed by atoms with Gasteiger partial charge in [-0.15, -0.1) is 0 Å². The summed E-state index contributed by atoms with van der Waals surface area (Å²) in [7, 11) is 0. The Labute approximate surface area is 79.1 Å². The van der Waals surface area contributed by atoms with Crippen molar-refractivity contribution in [1.82, 2.24) is 0 Å². The van der Waals surface area contributed by atoms with Gasteiger partial charge in [-0.2, -0.15) is 0 Å². The van der Waals surface area contributed by atoms with Crippen LogP contribution in [0, 0.1) is 11.3 Å². The normalized spacial score (nSPS) is 24.3. The van der Waals surface area contributed by atoms with Gasteiger partial charge in [-0.3, -0.25) is 4.79 Å². The van der Waals surface area contributed by atoms with Gasteiger partial charge in [0.05, 0.1) is 6.42 Å². The lowest BCUT2D eigenvalue weighted by Gasteiger charge is -2.35. The molecule has 0 aromatic rings. The molecule has 0 saturated carbocycles. The first kappa shape index (κ1) is 10.5. The van der Waals surface area contributed by atoms with Crippen LogP contribution in [0.4, 0.5) is 0 Å². The highest BCUT2D eigenvalue weighted by Gasteiger charge is 2.32. The lowest BCUT2D eigenvalue weighted by atomic mass is 9.74. The van der Waals surface area contributed by atoms with Gasteiger partial charge in [0.25, 0.3) is 0 Å². The molecule has 1 heterocycles. The van der Waals surface area contributed by atoms with E-state index in [9.17, 15) is 4.79 Å². The highest BCUT2D eigenvalue weighted by Crippen LogP contribution is 2.35. The maximum absolute atomic E-state index is 10.6. The van der Waals surface area contributed by atoms with Gasteiger partial charge in [0.2, 0.25) is 0 Å². The van der Waals surface area contributed by atoms with Gasteiger partial charge in [0.1, 0.15) is 0 Å². The molecule has 0 aromatic carbocycles. The summed E-state index contributed by atoms with van der Waals surface area (Å²) in [5.74, 6) is -0.312. The molecule has 3 nitrogen and oxygen atoms in total. The van der Waals surface area contributed by atoms with Crippen LogP contribution in [0.15, 0.2) is 0 Å². The molecule has 1 fully saturated rings. The van der Waals surface area contributed by atoms with E-state index in [0.717, 1.165) is 26.1 Å². The summed E-state index contributed by atoms with van der Waals surface area (Å²) in [5.41, 5.74) is -0.133. The number of carbonyl (C=O) groups is 1. The molecular formula is C10H18O3. The van der Waals surface area contributed by atoms with Crippen molar-refractivity contribution < 1.29 is 14.6 Å². The van der Waals surface area contributed by atoms with Gasteiger partial charge in [-0.05, 0) is 24.2 Å². The number of aliphatic carboxylic acids is 1. The number of hydrogen-bond donors (Lipinski definition) is 1. The van der Waals surface area contributed by atoms with Crippen molar-refractivity contribution in [3.05, 3.63) is 0 Å². The number of carboxylic acid groups (broad SMARTS) is 1. The summed E-state index contributed by atoms with van der Waals surface area (Å²) >= 11 is 0. The Kier molecular flexibility index (Phi) is 3.31. The summed E-state index contributed by atoms with van der Waals surface area (Å²) in [5, 5.41) is 8.74. The van der Waals surface area contributed by atoms with E-state index >= 15 is 0 Å². The van der Waals surface area contributed by atoms with Gasteiger partial charge in [0, 0.05) is 13.2 Å². The molecule has 3 heteroatoms. The van der Waals surface area contributed by atoms with Crippen LogP contribution < -0.4 is 0 Å². The van der Waals surface area contributed by atoms with E-state index in [1.165, 1.54) is 0 Å². The molecule has 0 spiro atoms. The van der Waals surface area contributed by atoms with Crippen molar-refractivity contribution in [2.45, 2.75) is 33.1 Å². The average molecular weight is 186 g/mol. The topological polar surface area (TPSA) is 46.5 Å². The second-order valence-corrected chi connectivity index (χ2v) is 4.47. The molecule has 1 aliphatic rings. The van der Waals surface area contributed by atoms with E-state index in [-0.39, 0.29) is 11.8 Å². The largest absolute Gasteiger partial charge is 0.481 e. The van der Waals surface area contributed by atoms with E-state index in [0.29, 0.717) is 5.92 Å². The van der Waals surface area contributed by atoms with Gasteiger partial charge in [-0.1, -0.05) is 13.8 Å². The molecule has 1 atom stereocenters. The minimum atomic E-state index is -0.712. The van der Waals surface area contributed by atoms with Crippen LogP contribution in [0.2, 0.25) is 0 Å². The third-order valence-electron chi connectivity index (χ3n) is 2.87. The Bertz CT molecular complexity index is 181. The fourth-order valence-electron chi connectivity index (χ4n) is 1.89. The molecule has 1 aliphatic heterocycles. The molecule has 76 valence electrons. The third kappa shape index (κ3) is 2.99. The summed E-state index contributed by atoms with van der Waals surface area (Å²) in [6.45, 7) is 5.58. The number of rotatable bonds is 3. The second kappa shape index (κ2) is 4.09. The Morgan fingerprint density at radius 1 is 1.62 bits per heavy atom. The molecule has 0 radical (unpaired) electrons. The maximum Gasteiger partial charge on any atom is 0.303 e. The van der Waals surface area contributed by atoms with Crippen LogP contribution in [0.25, 0.3) is 0 Å². The SMILES string of the molecule is CC(C)(CC(=O)O)C1CCCOC1. The summed E-state index contributed by atoms with van der Waals surface area (Å²) in [4.78, 5) is 10.6. The van der Waals surface area contributed by atoms with E-state index in [1.54, 1.807) is 0 Å². The lowest BCUT2D eigenvalue weighted by molar-refractivity contribution is -0.141. The number of hydrogen-bond acceptors (Lipinski definition) is 2. The number of carboxylic acids is 1. The highest BCUT2D eigenvalue weighted by molar-refractivity contribution is 5.67. The molecule has 1 N–H and O–H groups in total.